The normalized spacial score (nSPS) is 28.0. The van der Waals surface area contributed by atoms with Gasteiger partial charge >= 0.3 is 5.97 Å². The summed E-state index contributed by atoms with van der Waals surface area (Å²) in [7, 11) is 0. The van der Waals surface area contributed by atoms with Crippen LogP contribution >= 0.6 is 0 Å². The molecule has 1 aromatic rings. The van der Waals surface area contributed by atoms with Gasteiger partial charge in [0.2, 0.25) is 0 Å². The van der Waals surface area contributed by atoms with Gasteiger partial charge in [-0.1, -0.05) is 12.1 Å². The number of nitrogens with zero attached hydrogens (tertiary/aromatic N) is 1. The third-order valence-electron chi connectivity index (χ3n) is 5.85. The van der Waals surface area contributed by atoms with Crippen molar-refractivity contribution in [3.05, 3.63) is 35.4 Å². The lowest BCUT2D eigenvalue weighted by molar-refractivity contribution is -0.158. The van der Waals surface area contributed by atoms with E-state index in [2.05, 4.69) is 17.5 Å². The SMILES string of the molecule is CC(C)(C)OC(=O)C(CCO)NC1CCC2(c3cccc(C#N)c3)CC2C1. The van der Waals surface area contributed by atoms with Crippen molar-refractivity contribution in [1.29, 1.82) is 5.26 Å². The number of ether oxygens (including phenoxy) is 1. The topological polar surface area (TPSA) is 82.3 Å². The van der Waals surface area contributed by atoms with Gasteiger partial charge in [0.05, 0.1) is 11.6 Å². The minimum atomic E-state index is -0.531. The third kappa shape index (κ3) is 4.51. The van der Waals surface area contributed by atoms with Crippen LogP contribution in [0.25, 0.3) is 0 Å². The summed E-state index contributed by atoms with van der Waals surface area (Å²) in [5.41, 5.74) is 1.68. The van der Waals surface area contributed by atoms with Gasteiger partial charge in [-0.15, -0.1) is 0 Å². The number of carbonyl (C=O) groups is 1. The maximum atomic E-state index is 12.4. The van der Waals surface area contributed by atoms with Gasteiger partial charge in [0, 0.05) is 12.6 Å². The molecular weight excluding hydrogens is 340 g/mol. The number of esters is 1. The van der Waals surface area contributed by atoms with Crippen LogP contribution in [0.15, 0.2) is 24.3 Å². The van der Waals surface area contributed by atoms with E-state index in [0.717, 1.165) is 31.2 Å². The highest BCUT2D eigenvalue weighted by Crippen LogP contribution is 2.62. The molecule has 0 bridgehead atoms. The molecule has 3 rings (SSSR count). The molecule has 27 heavy (non-hydrogen) atoms. The molecular formula is C22H30N2O3. The average Bonchev–Trinajstić information content (AvgIpc) is 3.35. The van der Waals surface area contributed by atoms with Gasteiger partial charge in [0.1, 0.15) is 11.6 Å². The molecule has 0 spiro atoms. The van der Waals surface area contributed by atoms with Crippen LogP contribution in [0.3, 0.4) is 0 Å². The van der Waals surface area contributed by atoms with Gasteiger partial charge in [-0.25, -0.2) is 0 Å². The monoisotopic (exact) mass is 370 g/mol. The zero-order chi connectivity index (χ0) is 19.7. The second kappa shape index (κ2) is 7.61. The highest BCUT2D eigenvalue weighted by molar-refractivity contribution is 5.76. The number of aliphatic hydroxyl groups excluding tert-OH is 1. The maximum Gasteiger partial charge on any atom is 0.323 e. The van der Waals surface area contributed by atoms with E-state index in [4.69, 9.17) is 10.00 Å². The van der Waals surface area contributed by atoms with Gasteiger partial charge in [0.25, 0.3) is 0 Å². The zero-order valence-electron chi connectivity index (χ0n) is 16.5. The van der Waals surface area contributed by atoms with Crippen molar-refractivity contribution in [3.63, 3.8) is 0 Å². The van der Waals surface area contributed by atoms with Crippen molar-refractivity contribution in [2.45, 2.75) is 76.0 Å². The van der Waals surface area contributed by atoms with Gasteiger partial charge in [-0.2, -0.15) is 5.26 Å². The number of aliphatic hydroxyl groups is 1. The molecule has 2 saturated carbocycles. The van der Waals surface area contributed by atoms with Crippen LogP contribution in [0.5, 0.6) is 0 Å². The molecule has 0 amide bonds. The predicted octanol–water partition coefficient (Wildman–Crippen LogP) is 3.05. The molecule has 0 saturated heterocycles. The molecule has 0 aliphatic heterocycles. The summed E-state index contributed by atoms with van der Waals surface area (Å²) in [6.07, 6.45) is 4.58. The van der Waals surface area contributed by atoms with Gasteiger partial charge in [-0.05, 0) is 81.9 Å². The Morgan fingerprint density at radius 3 is 2.89 bits per heavy atom. The molecule has 4 atom stereocenters. The molecule has 0 radical (unpaired) electrons. The fraction of sp³-hybridized carbons (Fsp3) is 0.636. The van der Waals surface area contributed by atoms with Crippen molar-refractivity contribution in [2.75, 3.05) is 6.61 Å². The van der Waals surface area contributed by atoms with E-state index in [1.165, 1.54) is 5.56 Å². The number of rotatable bonds is 6. The quantitative estimate of drug-likeness (QED) is 0.752. The third-order valence-corrected chi connectivity index (χ3v) is 5.85. The van der Waals surface area contributed by atoms with E-state index in [-0.39, 0.29) is 24.0 Å². The predicted molar refractivity (Wildman–Crippen MR) is 103 cm³/mol. The van der Waals surface area contributed by atoms with Crippen LogP contribution in [-0.4, -0.2) is 35.4 Å². The molecule has 5 nitrogen and oxygen atoms in total. The van der Waals surface area contributed by atoms with Crippen LogP contribution in [-0.2, 0) is 14.9 Å². The van der Waals surface area contributed by atoms with Crippen LogP contribution < -0.4 is 5.32 Å². The summed E-state index contributed by atoms with van der Waals surface area (Å²) in [4.78, 5) is 12.4. The van der Waals surface area contributed by atoms with Crippen molar-refractivity contribution >= 4 is 5.97 Å². The van der Waals surface area contributed by atoms with E-state index in [0.29, 0.717) is 12.3 Å². The number of carbonyl (C=O) groups excluding carboxylic acids is 1. The van der Waals surface area contributed by atoms with Crippen LogP contribution in [0.2, 0.25) is 0 Å². The minimum Gasteiger partial charge on any atom is -0.459 e. The molecule has 2 aliphatic rings. The Labute approximate surface area is 161 Å². The Kier molecular flexibility index (Phi) is 5.60. The molecule has 1 aromatic carbocycles. The van der Waals surface area contributed by atoms with Crippen LogP contribution in [0, 0.1) is 17.2 Å². The summed E-state index contributed by atoms with van der Waals surface area (Å²) in [5, 5.41) is 21.9. The van der Waals surface area contributed by atoms with Gasteiger partial charge in [-0.3, -0.25) is 4.79 Å². The molecule has 4 unspecified atom stereocenters. The smallest absolute Gasteiger partial charge is 0.323 e. The van der Waals surface area contributed by atoms with Crippen molar-refractivity contribution in [1.82, 2.24) is 5.32 Å². The molecule has 5 heteroatoms. The molecule has 0 heterocycles. The lowest BCUT2D eigenvalue weighted by Gasteiger charge is -2.32. The lowest BCUT2D eigenvalue weighted by atomic mass is 9.80. The Hall–Kier alpha value is -1.90. The fourth-order valence-corrected chi connectivity index (χ4v) is 4.49. The summed E-state index contributed by atoms with van der Waals surface area (Å²) in [6, 6.07) is 10.0. The second-order valence-corrected chi connectivity index (χ2v) is 8.99. The first-order chi connectivity index (χ1) is 12.8. The number of nitrogens with one attached hydrogen (secondary N) is 1. The highest BCUT2D eigenvalue weighted by Gasteiger charge is 2.57. The Morgan fingerprint density at radius 1 is 1.48 bits per heavy atom. The first kappa shape index (κ1) is 19.9. The van der Waals surface area contributed by atoms with E-state index in [1.807, 2.05) is 39.0 Å². The van der Waals surface area contributed by atoms with Crippen molar-refractivity contribution in [2.24, 2.45) is 5.92 Å². The molecule has 146 valence electrons. The summed E-state index contributed by atoms with van der Waals surface area (Å²) < 4.78 is 5.50. The summed E-state index contributed by atoms with van der Waals surface area (Å²) >= 11 is 0. The maximum absolute atomic E-state index is 12.4. The van der Waals surface area contributed by atoms with E-state index >= 15 is 0 Å². The number of hydrogen-bond acceptors (Lipinski definition) is 5. The Morgan fingerprint density at radius 2 is 2.26 bits per heavy atom. The van der Waals surface area contributed by atoms with Crippen molar-refractivity contribution < 1.29 is 14.6 Å². The first-order valence-corrected chi connectivity index (χ1v) is 9.88. The number of benzene rings is 1. The zero-order valence-corrected chi connectivity index (χ0v) is 16.5. The van der Waals surface area contributed by atoms with Gasteiger partial charge in [0.15, 0.2) is 0 Å². The standard InChI is InChI=1S/C22H30N2O3/c1-21(2,3)27-20(26)19(8-10-25)24-18-7-9-22(13-17(22)12-18)16-6-4-5-15(11-16)14-23/h4-6,11,17-19,24-25H,7-10,12-13H2,1-3H3. The minimum absolute atomic E-state index is 0.0437. The Balaban J connectivity index is 1.61. The second-order valence-electron chi connectivity index (χ2n) is 8.99. The molecule has 0 aromatic heterocycles. The molecule has 2 fully saturated rings. The molecule has 2 N–H and O–H groups in total. The summed E-state index contributed by atoms with van der Waals surface area (Å²) in [5.74, 6) is 0.303. The van der Waals surface area contributed by atoms with Crippen LogP contribution in [0.4, 0.5) is 0 Å². The molecule has 2 aliphatic carbocycles. The summed E-state index contributed by atoms with van der Waals surface area (Å²) in [6.45, 7) is 5.53. The van der Waals surface area contributed by atoms with Gasteiger partial charge < -0.3 is 15.2 Å². The largest absolute Gasteiger partial charge is 0.459 e. The van der Waals surface area contributed by atoms with E-state index < -0.39 is 11.6 Å². The number of nitriles is 1. The highest BCUT2D eigenvalue weighted by atomic mass is 16.6. The van der Waals surface area contributed by atoms with E-state index in [1.54, 1.807) is 0 Å². The first-order valence-electron chi connectivity index (χ1n) is 9.88. The Bertz CT molecular complexity index is 734. The van der Waals surface area contributed by atoms with Crippen LogP contribution in [0.1, 0.15) is 64.0 Å². The average molecular weight is 370 g/mol. The number of hydrogen-bond donors (Lipinski definition) is 2. The lowest BCUT2D eigenvalue weighted by Crippen LogP contribution is -2.48. The number of fused-ring (bicyclic) bond motifs is 1. The van der Waals surface area contributed by atoms with Crippen molar-refractivity contribution in [3.8, 4) is 6.07 Å². The van der Waals surface area contributed by atoms with E-state index in [9.17, 15) is 9.90 Å². The fourth-order valence-electron chi connectivity index (χ4n) is 4.49.